The minimum Gasteiger partial charge on any atom is -0.335 e. The van der Waals surface area contributed by atoms with Gasteiger partial charge in [-0.1, -0.05) is 0 Å². The molecule has 2 rings (SSSR count). The van der Waals surface area contributed by atoms with E-state index < -0.39 is 0 Å². The van der Waals surface area contributed by atoms with Crippen LogP contribution in [0.15, 0.2) is 24.3 Å². The summed E-state index contributed by atoms with van der Waals surface area (Å²) in [6, 6.07) is 6.06. The highest BCUT2D eigenvalue weighted by Gasteiger charge is 2.24. The number of hydrogen-bond donors (Lipinski definition) is 1. The van der Waals surface area contributed by atoms with Gasteiger partial charge in [0.05, 0.1) is 0 Å². The molecular weight excluding hydrogens is 195 g/mol. The van der Waals surface area contributed by atoms with Gasteiger partial charge in [-0.3, -0.25) is 4.90 Å². The third-order valence-corrected chi connectivity index (χ3v) is 2.42. The van der Waals surface area contributed by atoms with Crippen LogP contribution in [0.5, 0.6) is 0 Å². The molecule has 0 atom stereocenters. The van der Waals surface area contributed by atoms with Gasteiger partial charge in [0.2, 0.25) is 0 Å². The molecule has 3 nitrogen and oxygen atoms in total. The Balaban J connectivity index is 2.02. The monoisotopic (exact) mass is 208 g/mol. The zero-order chi connectivity index (χ0) is 10.8. The molecule has 15 heavy (non-hydrogen) atoms. The van der Waals surface area contributed by atoms with Crippen molar-refractivity contribution in [1.82, 2.24) is 5.32 Å². The Labute approximate surface area is 87.9 Å². The van der Waals surface area contributed by atoms with Gasteiger partial charge in [-0.05, 0) is 37.1 Å². The largest absolute Gasteiger partial charge is 0.335 e. The molecule has 1 N–H and O–H groups in total. The predicted molar refractivity (Wildman–Crippen MR) is 56.4 cm³/mol. The van der Waals surface area contributed by atoms with Gasteiger partial charge < -0.3 is 5.32 Å². The second-order valence-electron chi connectivity index (χ2n) is 3.76. The summed E-state index contributed by atoms with van der Waals surface area (Å²) in [5.74, 6) is -0.297. The van der Waals surface area contributed by atoms with Crippen molar-refractivity contribution in [3.05, 3.63) is 30.1 Å². The van der Waals surface area contributed by atoms with Crippen molar-refractivity contribution in [3.63, 3.8) is 0 Å². The number of rotatable bonds is 2. The number of nitrogens with zero attached hydrogens (tertiary/aromatic N) is 1. The van der Waals surface area contributed by atoms with Gasteiger partial charge in [-0.25, -0.2) is 9.18 Å². The van der Waals surface area contributed by atoms with Crippen molar-refractivity contribution in [2.75, 3.05) is 11.9 Å². The minimum atomic E-state index is -0.297. The quantitative estimate of drug-likeness (QED) is 0.793. The Morgan fingerprint density at radius 2 is 2.00 bits per heavy atom. The van der Waals surface area contributed by atoms with Gasteiger partial charge in [0.1, 0.15) is 5.82 Å². The number of halogens is 1. The molecule has 1 fully saturated rings. The Hall–Kier alpha value is -1.58. The van der Waals surface area contributed by atoms with Crippen molar-refractivity contribution >= 4 is 11.7 Å². The summed E-state index contributed by atoms with van der Waals surface area (Å²) in [5, 5.41) is 2.86. The number of anilines is 1. The lowest BCUT2D eigenvalue weighted by molar-refractivity contribution is 0.247. The summed E-state index contributed by atoms with van der Waals surface area (Å²) < 4.78 is 12.7. The fraction of sp³-hybridized carbons (Fsp3) is 0.364. The molecule has 0 saturated heterocycles. The maximum absolute atomic E-state index is 12.7. The van der Waals surface area contributed by atoms with Gasteiger partial charge in [0.25, 0.3) is 0 Å². The molecule has 1 aliphatic rings. The van der Waals surface area contributed by atoms with E-state index in [0.717, 1.165) is 12.8 Å². The smallest absolute Gasteiger partial charge is 0.321 e. The molecule has 0 spiro atoms. The highest BCUT2D eigenvalue weighted by molar-refractivity contribution is 5.91. The summed E-state index contributed by atoms with van der Waals surface area (Å²) in [5.41, 5.74) is 0.689. The fourth-order valence-corrected chi connectivity index (χ4v) is 1.28. The van der Waals surface area contributed by atoms with Crippen molar-refractivity contribution in [1.29, 1.82) is 0 Å². The second-order valence-corrected chi connectivity index (χ2v) is 3.76. The molecule has 0 aromatic heterocycles. The first-order valence-electron chi connectivity index (χ1n) is 4.96. The van der Waals surface area contributed by atoms with Crippen molar-refractivity contribution in [2.45, 2.75) is 18.9 Å². The topological polar surface area (TPSA) is 32.3 Å². The van der Waals surface area contributed by atoms with Crippen LogP contribution in [-0.4, -0.2) is 19.1 Å². The van der Waals surface area contributed by atoms with Gasteiger partial charge in [0, 0.05) is 18.8 Å². The van der Waals surface area contributed by atoms with Gasteiger partial charge >= 0.3 is 6.03 Å². The zero-order valence-corrected chi connectivity index (χ0v) is 8.53. The van der Waals surface area contributed by atoms with Crippen molar-refractivity contribution in [3.8, 4) is 0 Å². The highest BCUT2D eigenvalue weighted by Crippen LogP contribution is 2.20. The van der Waals surface area contributed by atoms with Crippen LogP contribution in [0.4, 0.5) is 14.9 Å². The van der Waals surface area contributed by atoms with E-state index in [9.17, 15) is 9.18 Å². The Kier molecular flexibility index (Phi) is 2.58. The number of nitrogens with one attached hydrogen (secondary N) is 1. The summed E-state index contributed by atoms with van der Waals surface area (Å²) in [6.07, 6.45) is 2.12. The summed E-state index contributed by atoms with van der Waals surface area (Å²) >= 11 is 0. The van der Waals surface area contributed by atoms with E-state index in [1.807, 2.05) is 0 Å². The molecular formula is C11H13FN2O. The van der Waals surface area contributed by atoms with Crippen LogP contribution in [0.25, 0.3) is 0 Å². The number of carbonyl (C=O) groups excluding carboxylic acids is 1. The lowest BCUT2D eigenvalue weighted by Crippen LogP contribution is -2.38. The van der Waals surface area contributed by atoms with Crippen LogP contribution in [0.3, 0.4) is 0 Å². The molecule has 4 heteroatoms. The predicted octanol–water partition coefficient (Wildman–Crippen LogP) is 2.13. The number of urea groups is 1. The van der Waals surface area contributed by atoms with E-state index in [1.54, 1.807) is 19.2 Å². The van der Waals surface area contributed by atoms with Crippen LogP contribution in [0.1, 0.15) is 12.8 Å². The summed E-state index contributed by atoms with van der Waals surface area (Å²) in [4.78, 5) is 13.1. The number of hydrogen-bond acceptors (Lipinski definition) is 1. The maximum atomic E-state index is 12.7. The molecule has 2 amide bonds. The first-order valence-corrected chi connectivity index (χ1v) is 4.96. The van der Waals surface area contributed by atoms with Crippen LogP contribution in [0, 0.1) is 5.82 Å². The lowest BCUT2D eigenvalue weighted by Gasteiger charge is -2.17. The maximum Gasteiger partial charge on any atom is 0.321 e. The Morgan fingerprint density at radius 3 is 2.53 bits per heavy atom. The highest BCUT2D eigenvalue weighted by atomic mass is 19.1. The molecule has 1 aliphatic carbocycles. The normalized spacial score (nSPS) is 14.8. The SMILES string of the molecule is CN(C(=O)NC1CC1)c1ccc(F)cc1. The third-order valence-electron chi connectivity index (χ3n) is 2.42. The van der Waals surface area contributed by atoms with E-state index in [1.165, 1.54) is 17.0 Å². The second kappa shape index (κ2) is 3.88. The molecule has 0 unspecified atom stereocenters. The van der Waals surface area contributed by atoms with Crippen molar-refractivity contribution < 1.29 is 9.18 Å². The lowest BCUT2D eigenvalue weighted by atomic mass is 10.3. The molecule has 0 aliphatic heterocycles. The Morgan fingerprint density at radius 1 is 1.40 bits per heavy atom. The molecule has 0 heterocycles. The van der Waals surface area contributed by atoms with E-state index >= 15 is 0 Å². The van der Waals surface area contributed by atoms with Gasteiger partial charge in [-0.15, -0.1) is 0 Å². The summed E-state index contributed by atoms with van der Waals surface area (Å²) in [7, 11) is 1.67. The minimum absolute atomic E-state index is 0.135. The molecule has 1 saturated carbocycles. The zero-order valence-electron chi connectivity index (χ0n) is 8.53. The fourth-order valence-electron chi connectivity index (χ4n) is 1.28. The average Bonchev–Trinajstić information content (AvgIpc) is 3.02. The number of amides is 2. The van der Waals surface area contributed by atoms with E-state index in [-0.39, 0.29) is 11.8 Å². The standard InChI is InChI=1S/C11H13FN2O/c1-14(11(15)13-9-4-5-9)10-6-2-8(12)3-7-10/h2-3,6-7,9H,4-5H2,1H3,(H,13,15). The van der Waals surface area contributed by atoms with E-state index in [4.69, 9.17) is 0 Å². The van der Waals surface area contributed by atoms with Crippen molar-refractivity contribution in [2.24, 2.45) is 0 Å². The van der Waals surface area contributed by atoms with Crippen LogP contribution >= 0.6 is 0 Å². The molecule has 1 aromatic carbocycles. The summed E-state index contributed by atoms with van der Waals surface area (Å²) in [6.45, 7) is 0. The third kappa shape index (κ3) is 2.46. The van der Waals surface area contributed by atoms with Gasteiger partial charge in [-0.2, -0.15) is 0 Å². The first-order chi connectivity index (χ1) is 7.16. The molecule has 0 bridgehead atoms. The van der Waals surface area contributed by atoms with Crippen LogP contribution in [0.2, 0.25) is 0 Å². The van der Waals surface area contributed by atoms with Gasteiger partial charge in [0.15, 0.2) is 0 Å². The van der Waals surface area contributed by atoms with E-state index in [0.29, 0.717) is 11.7 Å². The molecule has 1 aromatic rings. The number of carbonyl (C=O) groups is 1. The molecule has 80 valence electrons. The average molecular weight is 208 g/mol. The van der Waals surface area contributed by atoms with Crippen LogP contribution < -0.4 is 10.2 Å². The number of benzene rings is 1. The van der Waals surface area contributed by atoms with Crippen LogP contribution in [-0.2, 0) is 0 Å². The molecule has 0 radical (unpaired) electrons. The Bertz CT molecular complexity index is 359. The van der Waals surface area contributed by atoms with E-state index in [2.05, 4.69) is 5.32 Å². The first kappa shape index (κ1) is 9.96.